The highest BCUT2D eigenvalue weighted by atomic mass is 16.4. The number of carbonyl (C=O) groups is 1. The van der Waals surface area contributed by atoms with Crippen LogP contribution in [0, 0.1) is 23.2 Å². The van der Waals surface area contributed by atoms with Gasteiger partial charge in [0.15, 0.2) is 5.76 Å². The molecule has 2 aromatic heterocycles. The molecule has 144 valence electrons. The first kappa shape index (κ1) is 17.1. The molecule has 6 rings (SSSR count). The smallest absolute Gasteiger partial charge is 0.287 e. The highest BCUT2D eigenvalue weighted by molar-refractivity contribution is 5.91. The van der Waals surface area contributed by atoms with Gasteiger partial charge < -0.3 is 9.73 Å². The van der Waals surface area contributed by atoms with Gasteiger partial charge in [0.25, 0.3) is 5.91 Å². The number of hydrogen-bond donors (Lipinski definition) is 1. The first-order valence-corrected chi connectivity index (χ1v) is 10.5. The van der Waals surface area contributed by atoms with Crippen molar-refractivity contribution >= 4 is 5.91 Å². The predicted molar refractivity (Wildman–Crippen MR) is 102 cm³/mol. The van der Waals surface area contributed by atoms with E-state index in [2.05, 4.69) is 17.3 Å². The zero-order valence-corrected chi connectivity index (χ0v) is 16.1. The van der Waals surface area contributed by atoms with Gasteiger partial charge in [-0.1, -0.05) is 6.92 Å². The number of amides is 1. The number of carbonyl (C=O) groups excluding carboxylic acids is 1. The molecule has 4 bridgehead atoms. The van der Waals surface area contributed by atoms with E-state index in [4.69, 9.17) is 4.42 Å². The quantitative estimate of drug-likeness (QED) is 0.830. The van der Waals surface area contributed by atoms with Gasteiger partial charge in [0.1, 0.15) is 5.76 Å². The largest absolute Gasteiger partial charge is 0.454 e. The molecule has 0 aliphatic heterocycles. The summed E-state index contributed by atoms with van der Waals surface area (Å²) in [5.74, 6) is 3.79. The number of hydrogen-bond acceptors (Lipinski definition) is 3. The average Bonchev–Trinajstić information content (AvgIpc) is 3.30. The lowest BCUT2D eigenvalue weighted by molar-refractivity contribution is -0.0728. The highest BCUT2D eigenvalue weighted by Gasteiger charge is 2.54. The van der Waals surface area contributed by atoms with Crippen LogP contribution >= 0.6 is 0 Å². The van der Waals surface area contributed by atoms with Crippen molar-refractivity contribution < 1.29 is 9.21 Å². The zero-order chi connectivity index (χ0) is 18.4. The fraction of sp³-hybridized carbons (Fsp3) is 0.636. The van der Waals surface area contributed by atoms with Gasteiger partial charge in [-0.05, 0) is 86.3 Å². The summed E-state index contributed by atoms with van der Waals surface area (Å²) in [4.78, 5) is 12.9. The first-order chi connectivity index (χ1) is 13.1. The van der Waals surface area contributed by atoms with Crippen LogP contribution in [0.2, 0.25) is 0 Å². The second kappa shape index (κ2) is 6.54. The molecule has 27 heavy (non-hydrogen) atoms. The second-order valence-electron chi connectivity index (χ2n) is 9.18. The number of aromatic nitrogens is 2. The molecular weight excluding hydrogens is 338 g/mol. The van der Waals surface area contributed by atoms with Crippen molar-refractivity contribution in [3.63, 3.8) is 0 Å². The molecule has 4 fully saturated rings. The molecule has 1 N–H and O–H groups in total. The summed E-state index contributed by atoms with van der Waals surface area (Å²) in [6, 6.07) is 5.81. The van der Waals surface area contributed by atoms with E-state index in [-0.39, 0.29) is 11.9 Å². The van der Waals surface area contributed by atoms with E-state index in [1.807, 2.05) is 18.3 Å². The topological polar surface area (TPSA) is 60.1 Å². The summed E-state index contributed by atoms with van der Waals surface area (Å²) in [5, 5.41) is 7.55. The molecule has 0 spiro atoms. The molecule has 1 atom stereocenters. The van der Waals surface area contributed by atoms with E-state index in [9.17, 15) is 4.79 Å². The van der Waals surface area contributed by atoms with Gasteiger partial charge in [-0.3, -0.25) is 9.48 Å². The van der Waals surface area contributed by atoms with Gasteiger partial charge in [0, 0.05) is 18.4 Å². The van der Waals surface area contributed by atoms with E-state index in [1.165, 1.54) is 38.5 Å². The Labute approximate surface area is 160 Å². The van der Waals surface area contributed by atoms with Crippen molar-refractivity contribution in [1.82, 2.24) is 15.1 Å². The highest BCUT2D eigenvalue weighted by Crippen LogP contribution is 2.61. The van der Waals surface area contributed by atoms with Crippen molar-refractivity contribution in [2.24, 2.45) is 23.2 Å². The maximum absolute atomic E-state index is 12.9. The minimum absolute atomic E-state index is 0.0655. The standard InChI is InChI=1S/C22H29N3O2/c1-2-20(22-11-15-8-16(12-22)10-17(9-15)13-22)24-21(26)19-5-4-18(27-19)14-25-7-3-6-23-25/h3-7,15-17,20H,2,8-14H2,1H3,(H,24,26). The van der Waals surface area contributed by atoms with Gasteiger partial charge in [-0.25, -0.2) is 0 Å². The third-order valence-electron chi connectivity index (χ3n) is 7.30. The fourth-order valence-electron chi connectivity index (χ4n) is 6.66. The second-order valence-corrected chi connectivity index (χ2v) is 9.18. The normalized spacial score (nSPS) is 32.6. The summed E-state index contributed by atoms with van der Waals surface area (Å²) in [6.45, 7) is 2.77. The van der Waals surface area contributed by atoms with Gasteiger partial charge >= 0.3 is 0 Å². The molecule has 0 aromatic carbocycles. The Morgan fingerprint density at radius 2 is 1.96 bits per heavy atom. The summed E-state index contributed by atoms with van der Waals surface area (Å²) in [6.07, 6.45) is 12.8. The van der Waals surface area contributed by atoms with E-state index in [1.54, 1.807) is 16.9 Å². The molecule has 1 unspecified atom stereocenters. The molecule has 2 heterocycles. The Bertz CT molecular complexity index is 772. The molecule has 5 heteroatoms. The summed E-state index contributed by atoms with van der Waals surface area (Å²) in [5.41, 5.74) is 0.323. The molecule has 0 saturated heterocycles. The monoisotopic (exact) mass is 367 g/mol. The van der Waals surface area contributed by atoms with Crippen molar-refractivity contribution in [3.8, 4) is 0 Å². The Hall–Kier alpha value is -2.04. The maximum atomic E-state index is 12.9. The first-order valence-electron chi connectivity index (χ1n) is 10.5. The van der Waals surface area contributed by atoms with Crippen LogP contribution in [0.1, 0.15) is 68.2 Å². The molecule has 5 nitrogen and oxygen atoms in total. The van der Waals surface area contributed by atoms with E-state index in [0.717, 1.165) is 29.9 Å². The maximum Gasteiger partial charge on any atom is 0.287 e. The Morgan fingerprint density at radius 3 is 2.56 bits per heavy atom. The van der Waals surface area contributed by atoms with Crippen LogP contribution < -0.4 is 5.32 Å². The lowest BCUT2D eigenvalue weighted by Crippen LogP contribution is -2.56. The third kappa shape index (κ3) is 3.11. The molecule has 1 amide bonds. The number of rotatable bonds is 6. The van der Waals surface area contributed by atoms with Crippen LogP contribution in [0.5, 0.6) is 0 Å². The molecule has 4 aliphatic carbocycles. The lowest BCUT2D eigenvalue weighted by Gasteiger charge is -2.59. The van der Waals surface area contributed by atoms with Crippen LogP contribution in [-0.2, 0) is 6.54 Å². The van der Waals surface area contributed by atoms with Gasteiger partial charge in [-0.15, -0.1) is 0 Å². The van der Waals surface area contributed by atoms with Crippen molar-refractivity contribution in [2.45, 2.75) is 64.5 Å². The molecular formula is C22H29N3O2. The van der Waals surface area contributed by atoms with E-state index in [0.29, 0.717) is 17.7 Å². The van der Waals surface area contributed by atoms with Gasteiger partial charge in [0.05, 0.1) is 6.54 Å². The molecule has 4 aliphatic rings. The average molecular weight is 367 g/mol. The molecule has 2 aromatic rings. The molecule has 0 radical (unpaired) electrons. The van der Waals surface area contributed by atoms with Crippen molar-refractivity contribution in [1.29, 1.82) is 0 Å². The van der Waals surface area contributed by atoms with Crippen LogP contribution in [0.4, 0.5) is 0 Å². The van der Waals surface area contributed by atoms with Crippen molar-refractivity contribution in [3.05, 3.63) is 42.1 Å². The SMILES string of the molecule is CCC(NC(=O)c1ccc(Cn2cccn2)o1)C12CC3CC(CC(C3)C1)C2. The van der Waals surface area contributed by atoms with E-state index >= 15 is 0 Å². The van der Waals surface area contributed by atoms with Gasteiger partial charge in [-0.2, -0.15) is 5.10 Å². The van der Waals surface area contributed by atoms with Crippen LogP contribution in [0.25, 0.3) is 0 Å². The van der Waals surface area contributed by atoms with Crippen molar-refractivity contribution in [2.75, 3.05) is 0 Å². The zero-order valence-electron chi connectivity index (χ0n) is 16.1. The van der Waals surface area contributed by atoms with Gasteiger partial charge in [0.2, 0.25) is 0 Å². The minimum atomic E-state index is -0.0655. The predicted octanol–water partition coefficient (Wildman–Crippen LogP) is 4.25. The van der Waals surface area contributed by atoms with Crippen LogP contribution in [0.3, 0.4) is 0 Å². The summed E-state index contributed by atoms with van der Waals surface area (Å²) in [7, 11) is 0. The summed E-state index contributed by atoms with van der Waals surface area (Å²) < 4.78 is 7.61. The summed E-state index contributed by atoms with van der Waals surface area (Å²) >= 11 is 0. The lowest BCUT2D eigenvalue weighted by atomic mass is 9.47. The fourth-order valence-corrected chi connectivity index (χ4v) is 6.66. The third-order valence-corrected chi connectivity index (χ3v) is 7.30. The molecule has 4 saturated carbocycles. The Balaban J connectivity index is 1.29. The minimum Gasteiger partial charge on any atom is -0.454 e. The number of nitrogens with zero attached hydrogens (tertiary/aromatic N) is 2. The van der Waals surface area contributed by atoms with E-state index < -0.39 is 0 Å². The number of nitrogens with one attached hydrogen (secondary N) is 1. The van der Waals surface area contributed by atoms with Crippen LogP contribution in [0.15, 0.2) is 35.0 Å². The van der Waals surface area contributed by atoms with Crippen LogP contribution in [-0.4, -0.2) is 21.7 Å². The Kier molecular flexibility index (Phi) is 4.14. The number of furan rings is 1. The Morgan fingerprint density at radius 1 is 1.26 bits per heavy atom.